The number of urea groups is 1. The van der Waals surface area contributed by atoms with E-state index in [0.29, 0.717) is 11.0 Å². The van der Waals surface area contributed by atoms with Gasteiger partial charge in [0.1, 0.15) is 12.2 Å². The number of rotatable bonds is 9. The van der Waals surface area contributed by atoms with Crippen LogP contribution < -0.4 is 11.1 Å². The second-order valence-electron chi connectivity index (χ2n) is 11.5. The van der Waals surface area contributed by atoms with Crippen molar-refractivity contribution in [2.24, 2.45) is 0 Å². The number of benzene rings is 3. The van der Waals surface area contributed by atoms with Gasteiger partial charge in [0.2, 0.25) is 11.8 Å². The number of para-hydroxylation sites is 1. The number of nitrogens with two attached hydrogens (primary N) is 1. The summed E-state index contributed by atoms with van der Waals surface area (Å²) >= 11 is 1.38. The number of anilines is 1. The van der Waals surface area contributed by atoms with E-state index in [-0.39, 0.29) is 51.0 Å². The number of carbonyl (C=O) groups is 3. The van der Waals surface area contributed by atoms with E-state index in [9.17, 15) is 14.4 Å². The average Bonchev–Trinajstić information content (AvgIpc) is 3.84. The van der Waals surface area contributed by atoms with Crippen molar-refractivity contribution in [2.75, 3.05) is 25.4 Å². The monoisotopic (exact) mass is 661 g/mol. The van der Waals surface area contributed by atoms with Crippen LogP contribution in [0.25, 0.3) is 21.6 Å². The molecule has 2 atom stereocenters. The molecule has 2 aromatic heterocycles. The summed E-state index contributed by atoms with van der Waals surface area (Å²) in [6.45, 7) is 0.506. The van der Waals surface area contributed by atoms with Crippen LogP contribution in [0.5, 0.6) is 0 Å². The number of tetrazole rings is 1. The molecular formula is C33H31N11O3S. The number of piperazine rings is 1. The van der Waals surface area contributed by atoms with Crippen molar-refractivity contribution in [3.63, 3.8) is 0 Å². The number of amides is 4. The molecule has 5 aromatic rings. The fraction of sp³-hybridized carbons (Fsp3) is 0.242. The van der Waals surface area contributed by atoms with E-state index in [0.717, 1.165) is 32.5 Å². The van der Waals surface area contributed by atoms with Crippen molar-refractivity contribution in [1.29, 1.82) is 0 Å². The van der Waals surface area contributed by atoms with Crippen LogP contribution in [-0.2, 0) is 29.1 Å². The number of carbonyl (C=O) groups excluding carboxylic acids is 3. The highest BCUT2D eigenvalue weighted by atomic mass is 32.1. The van der Waals surface area contributed by atoms with E-state index in [2.05, 4.69) is 36.8 Å². The first-order chi connectivity index (χ1) is 23.4. The summed E-state index contributed by atoms with van der Waals surface area (Å²) in [6, 6.07) is 21.5. The Labute approximate surface area is 279 Å². The maximum absolute atomic E-state index is 14.3. The van der Waals surface area contributed by atoms with Gasteiger partial charge in [-0.3, -0.25) is 9.59 Å². The number of aromatic amines is 1. The Hall–Kier alpha value is -5.85. The fourth-order valence-corrected chi connectivity index (χ4v) is 7.06. The maximum Gasteiger partial charge on any atom is 0.333 e. The lowest BCUT2D eigenvalue weighted by Gasteiger charge is -2.46. The molecular weight excluding hydrogens is 631 g/mol. The van der Waals surface area contributed by atoms with Gasteiger partial charge < -0.3 is 20.9 Å². The molecule has 3 aromatic carbocycles. The van der Waals surface area contributed by atoms with Gasteiger partial charge in [0.05, 0.1) is 29.9 Å². The number of aromatic nitrogens is 5. The molecule has 2 aliphatic heterocycles. The number of hydrogen-bond acceptors (Lipinski definition) is 10. The predicted octanol–water partition coefficient (Wildman–Crippen LogP) is 2.24. The zero-order valence-corrected chi connectivity index (χ0v) is 26.5. The van der Waals surface area contributed by atoms with Crippen LogP contribution in [0, 0.1) is 12.3 Å². The number of nitrogen functional groups attached to an aromatic ring is 1. The summed E-state index contributed by atoms with van der Waals surface area (Å²) in [7, 11) is 0. The fourth-order valence-electron chi connectivity index (χ4n) is 6.28. The largest absolute Gasteiger partial charge is 0.375 e. The van der Waals surface area contributed by atoms with Crippen molar-refractivity contribution in [3.8, 4) is 23.7 Å². The Balaban J connectivity index is 1.20. The van der Waals surface area contributed by atoms with Crippen molar-refractivity contribution in [2.45, 2.75) is 31.7 Å². The number of fused-ring (bicyclic) bond motifs is 2. The highest BCUT2D eigenvalue weighted by molar-refractivity contribution is 7.22. The van der Waals surface area contributed by atoms with Gasteiger partial charge in [-0.2, -0.15) is 5.01 Å². The Kier molecular flexibility index (Phi) is 8.40. The molecule has 0 radical (unpaired) electrons. The molecule has 2 aliphatic rings. The van der Waals surface area contributed by atoms with Crippen LogP contribution in [0.2, 0.25) is 0 Å². The molecule has 0 saturated carbocycles. The zero-order valence-electron chi connectivity index (χ0n) is 25.7. The van der Waals surface area contributed by atoms with Gasteiger partial charge in [0.15, 0.2) is 11.0 Å². The lowest BCUT2D eigenvalue weighted by molar-refractivity contribution is -0.157. The molecule has 0 bridgehead atoms. The summed E-state index contributed by atoms with van der Waals surface area (Å²) in [4.78, 5) is 49.5. The SMILES string of the molecule is C#CCN(C(=O)NCc1ccccc1)N1CC(=O)N2[C@@H](Cc3ccc(-c4nnn[nH]4)cc3)C(=O)N(Cc3cccc4sc(N)nc34)C[C@@H]21. The highest BCUT2D eigenvalue weighted by Gasteiger charge is 2.52. The van der Waals surface area contributed by atoms with Gasteiger partial charge in [0.25, 0.3) is 0 Å². The molecule has 4 heterocycles. The molecule has 0 spiro atoms. The van der Waals surface area contributed by atoms with Crippen LogP contribution in [0.1, 0.15) is 16.7 Å². The molecule has 15 heteroatoms. The lowest BCUT2D eigenvalue weighted by Crippen LogP contribution is -2.66. The molecule has 0 aliphatic carbocycles. The molecule has 7 rings (SSSR count). The van der Waals surface area contributed by atoms with E-state index < -0.39 is 18.2 Å². The quantitative estimate of drug-likeness (QED) is 0.201. The van der Waals surface area contributed by atoms with Crippen LogP contribution in [-0.4, -0.2) is 95.1 Å². The summed E-state index contributed by atoms with van der Waals surface area (Å²) in [5, 5.41) is 20.4. The molecule has 4 N–H and O–H groups in total. The minimum absolute atomic E-state index is 0.0633. The smallest absolute Gasteiger partial charge is 0.333 e. The van der Waals surface area contributed by atoms with Gasteiger partial charge >= 0.3 is 6.03 Å². The van der Waals surface area contributed by atoms with Crippen LogP contribution in [0.3, 0.4) is 0 Å². The number of H-pyrrole nitrogens is 1. The maximum atomic E-state index is 14.3. The van der Waals surface area contributed by atoms with E-state index >= 15 is 0 Å². The second kappa shape index (κ2) is 13.1. The van der Waals surface area contributed by atoms with Crippen molar-refractivity contribution in [3.05, 3.63) is 89.5 Å². The van der Waals surface area contributed by atoms with Crippen LogP contribution >= 0.6 is 11.3 Å². The van der Waals surface area contributed by atoms with Gasteiger partial charge in [-0.05, 0) is 33.2 Å². The number of hydrazine groups is 1. The summed E-state index contributed by atoms with van der Waals surface area (Å²) in [5.41, 5.74) is 10.1. The van der Waals surface area contributed by atoms with E-state index in [4.69, 9.17) is 12.2 Å². The molecule has 242 valence electrons. The third kappa shape index (κ3) is 6.01. The molecule has 48 heavy (non-hydrogen) atoms. The number of terminal acetylenes is 1. The molecule has 14 nitrogen and oxygen atoms in total. The third-order valence-electron chi connectivity index (χ3n) is 8.52. The van der Waals surface area contributed by atoms with E-state index in [1.165, 1.54) is 16.3 Å². The topological polar surface area (TPSA) is 170 Å². The summed E-state index contributed by atoms with van der Waals surface area (Å²) in [6.07, 6.45) is 5.35. The van der Waals surface area contributed by atoms with Crippen LogP contribution in [0.4, 0.5) is 9.93 Å². The first-order valence-electron chi connectivity index (χ1n) is 15.3. The zero-order chi connectivity index (χ0) is 33.2. The molecule has 0 unspecified atom stereocenters. The lowest BCUT2D eigenvalue weighted by atomic mass is 9.99. The summed E-state index contributed by atoms with van der Waals surface area (Å²) < 4.78 is 0.919. The predicted molar refractivity (Wildman–Crippen MR) is 178 cm³/mol. The molecule has 2 saturated heterocycles. The number of nitrogens with zero attached hydrogens (tertiary/aromatic N) is 8. The first kappa shape index (κ1) is 30.8. The van der Waals surface area contributed by atoms with E-state index in [1.54, 1.807) is 14.8 Å². The minimum atomic E-state index is -0.834. The van der Waals surface area contributed by atoms with Crippen molar-refractivity contribution < 1.29 is 14.4 Å². The minimum Gasteiger partial charge on any atom is -0.375 e. The van der Waals surface area contributed by atoms with Crippen molar-refractivity contribution >= 4 is 44.5 Å². The number of nitrogens with one attached hydrogen (secondary N) is 2. The molecule has 4 amide bonds. The number of thiazole rings is 1. The normalized spacial score (nSPS) is 17.8. The Morgan fingerprint density at radius 3 is 2.65 bits per heavy atom. The van der Waals surface area contributed by atoms with Gasteiger partial charge in [-0.15, -0.1) is 11.5 Å². The standard InChI is InChI=1S/C33H31N11O3S/c1-2-15-42(33(47)35-17-22-7-4-3-5-8-22)43-20-28(45)44-25(16-21-11-13-23(14-12-21)30-37-39-40-38-30)31(46)41(19-27(43)44)18-24-9-6-10-26-29(24)36-32(34)48-26/h1,3-14,25,27H,15-20H2,(H2,34,36)(H,35,47)(H,37,38,39,40)/t25-,27+/m0/s1. The Morgan fingerprint density at radius 2 is 1.90 bits per heavy atom. The second-order valence-corrected chi connectivity index (χ2v) is 12.5. The van der Waals surface area contributed by atoms with Crippen LogP contribution in [0.15, 0.2) is 72.8 Å². The van der Waals surface area contributed by atoms with Gasteiger partial charge in [-0.1, -0.05) is 84.0 Å². The molecule has 2 fully saturated rings. The van der Waals surface area contributed by atoms with E-state index in [1.807, 2.05) is 72.8 Å². The van der Waals surface area contributed by atoms with Gasteiger partial charge in [0, 0.05) is 25.1 Å². The van der Waals surface area contributed by atoms with Gasteiger partial charge in [-0.25, -0.2) is 19.9 Å². The average molecular weight is 662 g/mol. The highest BCUT2D eigenvalue weighted by Crippen LogP contribution is 2.32. The Bertz CT molecular complexity index is 1990. The number of hydrogen-bond donors (Lipinski definition) is 3. The first-order valence-corrected chi connectivity index (χ1v) is 16.1. The third-order valence-corrected chi connectivity index (χ3v) is 9.37. The Morgan fingerprint density at radius 1 is 1.08 bits per heavy atom. The summed E-state index contributed by atoms with van der Waals surface area (Å²) in [5.74, 6) is 2.60. The van der Waals surface area contributed by atoms with Crippen molar-refractivity contribution in [1.82, 2.24) is 50.7 Å².